The molecule has 142 valence electrons. The van der Waals surface area contributed by atoms with Crippen molar-refractivity contribution >= 4 is 34.3 Å². The summed E-state index contributed by atoms with van der Waals surface area (Å²) < 4.78 is 23.8. The number of benzene rings is 2. The van der Waals surface area contributed by atoms with Crippen LogP contribution in [-0.2, 0) is 4.79 Å². The van der Waals surface area contributed by atoms with Gasteiger partial charge in [-0.3, -0.25) is 4.79 Å². The number of ether oxygens (including phenoxy) is 2. The summed E-state index contributed by atoms with van der Waals surface area (Å²) in [5.74, 6) is 0.325. The molecule has 0 unspecified atom stereocenters. The molecule has 8 heteroatoms. The SMILES string of the molecule is COc1cc2cc(C#N)c(SCC(=O)Nc3cccc(F)c3)nc2cc1OC. The number of anilines is 1. The van der Waals surface area contributed by atoms with Crippen LogP contribution in [0.5, 0.6) is 11.5 Å². The number of fused-ring (bicyclic) bond motifs is 1. The highest BCUT2D eigenvalue weighted by atomic mass is 32.2. The molecule has 0 saturated carbocycles. The number of hydrogen-bond acceptors (Lipinski definition) is 6. The lowest BCUT2D eigenvalue weighted by molar-refractivity contribution is -0.113. The van der Waals surface area contributed by atoms with Gasteiger partial charge in [-0.2, -0.15) is 5.26 Å². The van der Waals surface area contributed by atoms with Crippen LogP contribution < -0.4 is 14.8 Å². The van der Waals surface area contributed by atoms with Crippen molar-refractivity contribution in [3.05, 3.63) is 53.8 Å². The van der Waals surface area contributed by atoms with Crippen molar-refractivity contribution in [2.24, 2.45) is 0 Å². The first-order valence-corrected chi connectivity index (χ1v) is 9.17. The average molecular weight is 397 g/mol. The van der Waals surface area contributed by atoms with E-state index in [1.807, 2.05) is 0 Å². The average Bonchev–Trinajstić information content (AvgIpc) is 2.70. The maximum atomic E-state index is 13.2. The molecule has 6 nitrogen and oxygen atoms in total. The molecule has 1 N–H and O–H groups in total. The van der Waals surface area contributed by atoms with Gasteiger partial charge in [0.05, 0.1) is 31.1 Å². The summed E-state index contributed by atoms with van der Waals surface area (Å²) >= 11 is 1.13. The van der Waals surface area contributed by atoms with Crippen LogP contribution >= 0.6 is 11.8 Å². The maximum absolute atomic E-state index is 13.2. The summed E-state index contributed by atoms with van der Waals surface area (Å²) in [7, 11) is 3.06. The third-order valence-electron chi connectivity index (χ3n) is 3.85. The highest BCUT2D eigenvalue weighted by molar-refractivity contribution is 8.00. The van der Waals surface area contributed by atoms with E-state index in [4.69, 9.17) is 9.47 Å². The Labute approximate surface area is 165 Å². The first kappa shape index (κ1) is 19.5. The van der Waals surface area contributed by atoms with Crippen LogP contribution in [0.25, 0.3) is 10.9 Å². The molecule has 1 amide bonds. The smallest absolute Gasteiger partial charge is 0.234 e. The lowest BCUT2D eigenvalue weighted by Gasteiger charge is -2.11. The molecule has 0 radical (unpaired) electrons. The Morgan fingerprint density at radius 3 is 2.64 bits per heavy atom. The van der Waals surface area contributed by atoms with Crippen molar-refractivity contribution in [2.45, 2.75) is 5.03 Å². The van der Waals surface area contributed by atoms with Gasteiger partial charge in [0.2, 0.25) is 5.91 Å². The second-order valence-electron chi connectivity index (χ2n) is 5.70. The molecule has 28 heavy (non-hydrogen) atoms. The zero-order valence-corrected chi connectivity index (χ0v) is 16.0. The number of thioether (sulfide) groups is 1. The third-order valence-corrected chi connectivity index (χ3v) is 4.85. The zero-order chi connectivity index (χ0) is 20.1. The van der Waals surface area contributed by atoms with Crippen molar-refractivity contribution in [1.82, 2.24) is 4.98 Å². The largest absolute Gasteiger partial charge is 0.493 e. The van der Waals surface area contributed by atoms with Crippen LogP contribution in [0.1, 0.15) is 5.56 Å². The van der Waals surface area contributed by atoms with E-state index in [0.717, 1.165) is 17.1 Å². The molecule has 2 aromatic carbocycles. The standard InChI is InChI=1S/C20H16FN3O3S/c1-26-17-7-12-6-13(10-22)20(24-16(12)9-18(17)27-2)28-11-19(25)23-15-5-3-4-14(21)8-15/h3-9H,11H2,1-2H3,(H,23,25). The van der Waals surface area contributed by atoms with E-state index in [-0.39, 0.29) is 11.7 Å². The van der Waals surface area contributed by atoms with Crippen LogP contribution in [0, 0.1) is 17.1 Å². The summed E-state index contributed by atoms with van der Waals surface area (Å²) in [6.45, 7) is 0. The first-order valence-electron chi connectivity index (χ1n) is 8.19. The quantitative estimate of drug-likeness (QED) is 0.633. The molecule has 0 aliphatic heterocycles. The molecule has 3 aromatic rings. The Morgan fingerprint density at radius 2 is 1.96 bits per heavy atom. The van der Waals surface area contributed by atoms with Gasteiger partial charge < -0.3 is 14.8 Å². The van der Waals surface area contributed by atoms with Crippen molar-refractivity contribution in [1.29, 1.82) is 5.26 Å². The lowest BCUT2D eigenvalue weighted by Crippen LogP contribution is -2.14. The van der Waals surface area contributed by atoms with Gasteiger partial charge in [0, 0.05) is 17.1 Å². The highest BCUT2D eigenvalue weighted by Gasteiger charge is 2.13. The number of hydrogen-bond donors (Lipinski definition) is 1. The molecule has 0 aliphatic rings. The van der Waals surface area contributed by atoms with Crippen molar-refractivity contribution in [3.8, 4) is 17.6 Å². The van der Waals surface area contributed by atoms with Gasteiger partial charge in [0.1, 0.15) is 16.9 Å². The zero-order valence-electron chi connectivity index (χ0n) is 15.2. The number of carbonyl (C=O) groups is 1. The van der Waals surface area contributed by atoms with Gasteiger partial charge >= 0.3 is 0 Å². The number of nitrogens with zero attached hydrogens (tertiary/aromatic N) is 2. The van der Waals surface area contributed by atoms with E-state index >= 15 is 0 Å². The minimum absolute atomic E-state index is 0.0248. The Morgan fingerprint density at radius 1 is 1.21 bits per heavy atom. The fourth-order valence-electron chi connectivity index (χ4n) is 2.57. The Kier molecular flexibility index (Phi) is 5.96. The maximum Gasteiger partial charge on any atom is 0.234 e. The number of nitriles is 1. The topological polar surface area (TPSA) is 84.2 Å². The number of halogens is 1. The minimum Gasteiger partial charge on any atom is -0.493 e. The molecule has 0 atom stereocenters. The van der Waals surface area contributed by atoms with Crippen LogP contribution in [-0.4, -0.2) is 30.9 Å². The van der Waals surface area contributed by atoms with Gasteiger partial charge in [0.15, 0.2) is 11.5 Å². The highest BCUT2D eigenvalue weighted by Crippen LogP contribution is 2.33. The second-order valence-corrected chi connectivity index (χ2v) is 6.66. The van der Waals surface area contributed by atoms with Crippen LogP contribution in [0.15, 0.2) is 47.5 Å². The Bertz CT molecular complexity index is 1080. The van der Waals surface area contributed by atoms with Gasteiger partial charge in [0.25, 0.3) is 0 Å². The predicted molar refractivity (Wildman–Crippen MR) is 105 cm³/mol. The number of nitrogens with one attached hydrogen (secondary N) is 1. The van der Waals surface area contributed by atoms with Gasteiger partial charge in [-0.15, -0.1) is 0 Å². The summed E-state index contributed by atoms with van der Waals surface area (Å²) in [5.41, 5.74) is 1.34. The van der Waals surface area contributed by atoms with Crippen molar-refractivity contribution in [2.75, 3.05) is 25.3 Å². The molecule has 3 rings (SSSR count). The van der Waals surface area contributed by atoms with Crippen LogP contribution in [0.4, 0.5) is 10.1 Å². The minimum atomic E-state index is -0.433. The lowest BCUT2D eigenvalue weighted by atomic mass is 10.1. The number of rotatable bonds is 6. The molecule has 1 heterocycles. The summed E-state index contributed by atoms with van der Waals surface area (Å²) in [6, 6.07) is 12.9. The summed E-state index contributed by atoms with van der Waals surface area (Å²) in [4.78, 5) is 16.6. The van der Waals surface area contributed by atoms with Crippen LogP contribution in [0.2, 0.25) is 0 Å². The fraction of sp³-hybridized carbons (Fsp3) is 0.150. The van der Waals surface area contributed by atoms with E-state index in [9.17, 15) is 14.4 Å². The van der Waals surface area contributed by atoms with Crippen molar-refractivity contribution < 1.29 is 18.7 Å². The molecule has 0 saturated heterocycles. The molecular formula is C20H16FN3O3S. The molecule has 0 spiro atoms. The third kappa shape index (κ3) is 4.32. The van der Waals surface area contributed by atoms with E-state index in [1.165, 1.54) is 32.4 Å². The first-order chi connectivity index (χ1) is 13.5. The number of aromatic nitrogens is 1. The monoisotopic (exact) mass is 397 g/mol. The van der Waals surface area contributed by atoms with Crippen molar-refractivity contribution in [3.63, 3.8) is 0 Å². The number of methoxy groups -OCH3 is 2. The van der Waals surface area contributed by atoms with Gasteiger partial charge in [-0.1, -0.05) is 17.8 Å². The number of carbonyl (C=O) groups excluding carboxylic acids is 1. The molecular weight excluding hydrogens is 381 g/mol. The van der Waals surface area contributed by atoms with E-state index in [2.05, 4.69) is 16.4 Å². The predicted octanol–water partition coefficient (Wildman–Crippen LogP) is 3.99. The summed E-state index contributed by atoms with van der Waals surface area (Å²) in [5, 5.41) is 13.2. The second kappa shape index (κ2) is 8.59. The molecule has 0 aliphatic carbocycles. The van der Waals surface area contributed by atoms with E-state index < -0.39 is 5.82 Å². The normalized spacial score (nSPS) is 10.4. The fourth-order valence-corrected chi connectivity index (χ4v) is 3.33. The number of amides is 1. The molecule has 0 bridgehead atoms. The Hall–Kier alpha value is -3.31. The van der Waals surface area contributed by atoms with Gasteiger partial charge in [-0.25, -0.2) is 9.37 Å². The molecule has 1 aromatic heterocycles. The number of pyridine rings is 1. The van der Waals surface area contributed by atoms with E-state index in [0.29, 0.717) is 33.3 Å². The van der Waals surface area contributed by atoms with Crippen LogP contribution in [0.3, 0.4) is 0 Å². The van der Waals surface area contributed by atoms with E-state index in [1.54, 1.807) is 24.3 Å². The van der Waals surface area contributed by atoms with Gasteiger partial charge in [-0.05, 0) is 30.3 Å². The molecule has 0 fully saturated rings. The summed E-state index contributed by atoms with van der Waals surface area (Å²) in [6.07, 6.45) is 0. The Balaban J connectivity index is 1.81.